The summed E-state index contributed by atoms with van der Waals surface area (Å²) < 4.78 is 6.16. The molecule has 2 nitrogen and oxygen atoms in total. The second-order valence-electron chi connectivity index (χ2n) is 5.93. The zero-order valence-electron chi connectivity index (χ0n) is 14.3. The first kappa shape index (κ1) is 18.0. The van der Waals surface area contributed by atoms with Crippen LogP contribution in [0, 0.1) is 0 Å². The first-order valence-corrected chi connectivity index (χ1v) is 9.00. The Balaban J connectivity index is 2.28. The number of hydrogen-bond acceptors (Lipinski definition) is 3. The van der Waals surface area contributed by atoms with Gasteiger partial charge < -0.3 is 4.74 Å². The first-order chi connectivity index (χ1) is 12.7. The quantitative estimate of drug-likeness (QED) is 0.289. The van der Waals surface area contributed by atoms with Crippen molar-refractivity contribution in [3.8, 4) is 0 Å². The van der Waals surface area contributed by atoms with E-state index < -0.39 is 11.6 Å². The molecule has 0 N–H and O–H groups in total. The molecule has 0 radical (unpaired) electrons. The molecule has 130 valence electrons. The smallest absolute Gasteiger partial charge is 0.335 e. The Kier molecular flexibility index (Phi) is 5.59. The molecular formula is C23H20O2S. The maximum absolute atomic E-state index is 12.7. The molecule has 0 atom stereocenters. The van der Waals surface area contributed by atoms with Crippen molar-refractivity contribution >= 4 is 18.6 Å². The van der Waals surface area contributed by atoms with E-state index in [4.69, 9.17) is 4.74 Å². The van der Waals surface area contributed by atoms with Crippen LogP contribution in [-0.2, 0) is 15.1 Å². The van der Waals surface area contributed by atoms with Gasteiger partial charge in [-0.3, -0.25) is 0 Å². The van der Waals surface area contributed by atoms with Crippen LogP contribution in [0.1, 0.15) is 16.7 Å². The van der Waals surface area contributed by atoms with E-state index >= 15 is 0 Å². The molecule has 0 amide bonds. The molecular weight excluding hydrogens is 340 g/mol. The van der Waals surface area contributed by atoms with Gasteiger partial charge in [0.15, 0.2) is 5.60 Å². The van der Waals surface area contributed by atoms with Crippen molar-refractivity contribution < 1.29 is 9.53 Å². The average Bonchev–Trinajstić information content (AvgIpc) is 2.73. The summed E-state index contributed by atoms with van der Waals surface area (Å²) in [7, 11) is 0. The van der Waals surface area contributed by atoms with Crippen molar-refractivity contribution in [2.24, 2.45) is 0 Å². The summed E-state index contributed by atoms with van der Waals surface area (Å²) in [5, 5.41) is 0. The Bertz CT molecular complexity index is 777. The predicted molar refractivity (Wildman–Crippen MR) is 108 cm³/mol. The standard InChI is InChI=1S/C23H20O2S/c1-18(17-26)22(24)25-23(19-11-5-2-6-12-19,20-13-7-3-8-14-20)21-15-9-4-10-16-21/h2-16,26H,1,17H2. The van der Waals surface area contributed by atoms with Gasteiger partial charge in [0.25, 0.3) is 0 Å². The summed E-state index contributed by atoms with van der Waals surface area (Å²) in [6, 6.07) is 29.3. The van der Waals surface area contributed by atoms with E-state index in [9.17, 15) is 4.79 Å². The number of benzene rings is 3. The molecule has 3 heteroatoms. The van der Waals surface area contributed by atoms with Gasteiger partial charge in [-0.15, -0.1) is 0 Å². The SMILES string of the molecule is C=C(CS)C(=O)OC(c1ccccc1)(c1ccccc1)c1ccccc1. The lowest BCUT2D eigenvalue weighted by Crippen LogP contribution is -2.35. The van der Waals surface area contributed by atoms with Gasteiger partial charge in [0.1, 0.15) is 0 Å². The number of carbonyl (C=O) groups excluding carboxylic acids is 1. The highest BCUT2D eigenvalue weighted by atomic mass is 32.1. The van der Waals surface area contributed by atoms with Crippen LogP contribution in [-0.4, -0.2) is 11.7 Å². The topological polar surface area (TPSA) is 26.3 Å². The molecule has 3 aromatic carbocycles. The van der Waals surface area contributed by atoms with E-state index in [1.807, 2.05) is 91.0 Å². The van der Waals surface area contributed by atoms with Crippen molar-refractivity contribution in [3.05, 3.63) is 120 Å². The first-order valence-electron chi connectivity index (χ1n) is 8.37. The Labute approximate surface area is 159 Å². The molecule has 0 aliphatic carbocycles. The average molecular weight is 360 g/mol. The van der Waals surface area contributed by atoms with E-state index in [1.165, 1.54) is 0 Å². The number of esters is 1. The van der Waals surface area contributed by atoms with Crippen molar-refractivity contribution in [3.63, 3.8) is 0 Å². The van der Waals surface area contributed by atoms with Crippen molar-refractivity contribution in [1.29, 1.82) is 0 Å². The van der Waals surface area contributed by atoms with E-state index in [1.54, 1.807) is 0 Å². The highest BCUT2D eigenvalue weighted by Gasteiger charge is 2.40. The number of rotatable bonds is 6. The van der Waals surface area contributed by atoms with Crippen molar-refractivity contribution in [1.82, 2.24) is 0 Å². The maximum Gasteiger partial charge on any atom is 0.335 e. The van der Waals surface area contributed by atoms with Crippen molar-refractivity contribution in [2.75, 3.05) is 5.75 Å². The van der Waals surface area contributed by atoms with E-state index in [2.05, 4.69) is 19.2 Å². The second kappa shape index (κ2) is 8.07. The summed E-state index contributed by atoms with van der Waals surface area (Å²) >= 11 is 4.17. The van der Waals surface area contributed by atoms with Crippen LogP contribution < -0.4 is 0 Å². The van der Waals surface area contributed by atoms with Crippen LogP contribution in [0.4, 0.5) is 0 Å². The molecule has 0 spiro atoms. The molecule has 0 aliphatic heterocycles. The molecule has 3 aromatic rings. The Morgan fingerprint density at radius 3 is 1.42 bits per heavy atom. The highest BCUT2D eigenvalue weighted by molar-refractivity contribution is 7.80. The third kappa shape index (κ3) is 3.44. The minimum Gasteiger partial charge on any atom is -0.441 e. The lowest BCUT2D eigenvalue weighted by molar-refractivity contribution is -0.148. The Morgan fingerprint density at radius 2 is 1.12 bits per heavy atom. The van der Waals surface area contributed by atoms with Crippen LogP contribution in [0.25, 0.3) is 0 Å². The van der Waals surface area contributed by atoms with Gasteiger partial charge in [-0.05, 0) is 0 Å². The van der Waals surface area contributed by atoms with E-state index in [0.717, 1.165) is 16.7 Å². The van der Waals surface area contributed by atoms with Gasteiger partial charge in [0.05, 0.1) is 0 Å². The summed E-state index contributed by atoms with van der Waals surface area (Å²) in [6.07, 6.45) is 0. The third-order valence-corrected chi connectivity index (χ3v) is 4.65. The van der Waals surface area contributed by atoms with Crippen LogP contribution in [0.15, 0.2) is 103 Å². The van der Waals surface area contributed by atoms with Gasteiger partial charge in [-0.25, -0.2) is 4.79 Å². The normalized spacial score (nSPS) is 11.0. The number of carbonyl (C=O) groups is 1. The number of hydrogen-bond donors (Lipinski definition) is 1. The molecule has 0 bridgehead atoms. The predicted octanol–water partition coefficient (Wildman–Crippen LogP) is 5.01. The van der Waals surface area contributed by atoms with Gasteiger partial charge in [0, 0.05) is 28.0 Å². The molecule has 0 aliphatic rings. The fourth-order valence-electron chi connectivity index (χ4n) is 2.97. The summed E-state index contributed by atoms with van der Waals surface area (Å²) in [6.45, 7) is 3.79. The maximum atomic E-state index is 12.7. The number of thiol groups is 1. The largest absolute Gasteiger partial charge is 0.441 e. The molecule has 0 saturated carbocycles. The summed E-state index contributed by atoms with van der Waals surface area (Å²) in [5.41, 5.74) is 1.88. The van der Waals surface area contributed by atoms with E-state index in [0.29, 0.717) is 5.57 Å². The zero-order valence-corrected chi connectivity index (χ0v) is 15.2. The Hall–Kier alpha value is -2.78. The monoisotopic (exact) mass is 360 g/mol. The molecule has 0 aromatic heterocycles. The fourth-order valence-corrected chi connectivity index (χ4v) is 3.10. The van der Waals surface area contributed by atoms with Gasteiger partial charge >= 0.3 is 5.97 Å². The van der Waals surface area contributed by atoms with Crippen LogP contribution >= 0.6 is 12.6 Å². The minimum atomic E-state index is -1.06. The minimum absolute atomic E-state index is 0.243. The Morgan fingerprint density at radius 1 is 0.769 bits per heavy atom. The molecule has 0 unspecified atom stereocenters. The lowest BCUT2D eigenvalue weighted by Gasteiger charge is -2.35. The van der Waals surface area contributed by atoms with Crippen LogP contribution in [0.2, 0.25) is 0 Å². The molecule has 0 saturated heterocycles. The molecule has 0 fully saturated rings. The van der Waals surface area contributed by atoms with Gasteiger partial charge in [-0.2, -0.15) is 12.6 Å². The zero-order chi connectivity index (χ0) is 18.4. The summed E-state index contributed by atoms with van der Waals surface area (Å²) in [4.78, 5) is 12.7. The fraction of sp³-hybridized carbons (Fsp3) is 0.0870. The third-order valence-electron chi connectivity index (χ3n) is 4.27. The lowest BCUT2D eigenvalue weighted by atomic mass is 9.80. The van der Waals surface area contributed by atoms with Crippen LogP contribution in [0.3, 0.4) is 0 Å². The van der Waals surface area contributed by atoms with Crippen molar-refractivity contribution in [2.45, 2.75) is 5.60 Å². The highest BCUT2D eigenvalue weighted by Crippen LogP contribution is 2.40. The molecule has 3 rings (SSSR count). The van der Waals surface area contributed by atoms with Crippen LogP contribution in [0.5, 0.6) is 0 Å². The molecule has 0 heterocycles. The van der Waals surface area contributed by atoms with Gasteiger partial charge in [0.2, 0.25) is 0 Å². The molecule has 26 heavy (non-hydrogen) atoms. The van der Waals surface area contributed by atoms with E-state index in [-0.39, 0.29) is 5.75 Å². The summed E-state index contributed by atoms with van der Waals surface area (Å²) in [5.74, 6) is -0.218. The second-order valence-corrected chi connectivity index (χ2v) is 6.25. The number of ether oxygens (including phenoxy) is 1. The van der Waals surface area contributed by atoms with Gasteiger partial charge in [-0.1, -0.05) is 97.6 Å².